The molecule has 3 aromatic carbocycles. The van der Waals surface area contributed by atoms with E-state index in [9.17, 15) is 9.59 Å². The van der Waals surface area contributed by atoms with Gasteiger partial charge in [-0.1, -0.05) is 36.4 Å². The van der Waals surface area contributed by atoms with E-state index in [2.05, 4.69) is 16.0 Å². The Hall–Kier alpha value is -3.64. The number of methoxy groups -OCH3 is 1. The highest BCUT2D eigenvalue weighted by Crippen LogP contribution is 2.14. The molecule has 3 aromatic rings. The first-order valence-corrected chi connectivity index (χ1v) is 9.63. The second kappa shape index (κ2) is 10.2. The molecule has 3 rings (SSSR count). The van der Waals surface area contributed by atoms with E-state index < -0.39 is 0 Å². The predicted octanol–water partition coefficient (Wildman–Crippen LogP) is 4.72. The van der Waals surface area contributed by atoms with Crippen LogP contribution in [-0.4, -0.2) is 19.0 Å². The molecular formula is C24H25N3O3. The highest BCUT2D eigenvalue weighted by molar-refractivity contribution is 5.99. The Balaban J connectivity index is 1.54. The molecule has 0 fully saturated rings. The van der Waals surface area contributed by atoms with Gasteiger partial charge in [0.15, 0.2) is 0 Å². The number of amides is 3. The van der Waals surface area contributed by atoms with Crippen molar-refractivity contribution in [2.45, 2.75) is 20.1 Å². The molecule has 0 atom stereocenters. The molecule has 0 aromatic heterocycles. The maximum atomic E-state index is 12.4. The monoisotopic (exact) mass is 403 g/mol. The predicted molar refractivity (Wildman–Crippen MR) is 119 cm³/mol. The van der Waals surface area contributed by atoms with Gasteiger partial charge in [-0.3, -0.25) is 4.79 Å². The number of benzene rings is 3. The van der Waals surface area contributed by atoms with E-state index in [0.29, 0.717) is 24.4 Å². The molecule has 0 aliphatic carbocycles. The third-order valence-corrected chi connectivity index (χ3v) is 4.44. The second-order valence-electron chi connectivity index (χ2n) is 6.96. The molecule has 0 saturated carbocycles. The molecule has 30 heavy (non-hydrogen) atoms. The van der Waals surface area contributed by atoms with Crippen LogP contribution in [0, 0.1) is 6.92 Å². The summed E-state index contributed by atoms with van der Waals surface area (Å²) in [6.45, 7) is 2.83. The number of carbonyl (C=O) groups is 2. The zero-order valence-electron chi connectivity index (χ0n) is 17.1. The standard InChI is InChI=1S/C24H25N3O3/c1-17-5-3-7-21(13-17)26-24(29)27-22-8-4-6-19(14-22)15-25-23(28)20-11-9-18(10-12-20)16-30-2/h3-14H,15-16H2,1-2H3,(H,25,28)(H2,26,27,29). The molecule has 6 nitrogen and oxygen atoms in total. The average molecular weight is 403 g/mol. The normalized spacial score (nSPS) is 10.3. The van der Waals surface area contributed by atoms with E-state index in [1.54, 1.807) is 25.3 Å². The fourth-order valence-electron chi connectivity index (χ4n) is 2.98. The molecule has 0 saturated heterocycles. The highest BCUT2D eigenvalue weighted by Gasteiger charge is 2.07. The fourth-order valence-corrected chi connectivity index (χ4v) is 2.98. The van der Waals surface area contributed by atoms with Crippen molar-refractivity contribution in [3.8, 4) is 0 Å². The molecule has 0 unspecified atom stereocenters. The molecule has 154 valence electrons. The van der Waals surface area contributed by atoms with Crippen molar-refractivity contribution in [1.29, 1.82) is 0 Å². The van der Waals surface area contributed by atoms with Crippen LogP contribution >= 0.6 is 0 Å². The summed E-state index contributed by atoms with van der Waals surface area (Å²) in [4.78, 5) is 24.6. The topological polar surface area (TPSA) is 79.5 Å². The van der Waals surface area contributed by atoms with Crippen LogP contribution in [0.4, 0.5) is 16.2 Å². The van der Waals surface area contributed by atoms with Crippen molar-refractivity contribution >= 4 is 23.3 Å². The van der Waals surface area contributed by atoms with Gasteiger partial charge in [-0.15, -0.1) is 0 Å². The number of rotatable bonds is 7. The lowest BCUT2D eigenvalue weighted by atomic mass is 10.1. The number of aryl methyl sites for hydroxylation is 1. The van der Waals surface area contributed by atoms with Crippen molar-refractivity contribution in [3.63, 3.8) is 0 Å². The number of ether oxygens (including phenoxy) is 1. The molecule has 0 aliphatic heterocycles. The van der Waals surface area contributed by atoms with Gasteiger partial charge in [0.25, 0.3) is 5.91 Å². The summed E-state index contributed by atoms with van der Waals surface area (Å²) in [6, 6.07) is 21.9. The summed E-state index contributed by atoms with van der Waals surface area (Å²) < 4.78 is 5.08. The smallest absolute Gasteiger partial charge is 0.323 e. The van der Waals surface area contributed by atoms with Crippen molar-refractivity contribution in [2.24, 2.45) is 0 Å². The van der Waals surface area contributed by atoms with Gasteiger partial charge in [0, 0.05) is 30.6 Å². The van der Waals surface area contributed by atoms with Crippen molar-refractivity contribution < 1.29 is 14.3 Å². The van der Waals surface area contributed by atoms with E-state index in [4.69, 9.17) is 4.74 Å². The first kappa shape index (κ1) is 21.1. The highest BCUT2D eigenvalue weighted by atomic mass is 16.5. The zero-order chi connectivity index (χ0) is 21.3. The van der Waals surface area contributed by atoms with Crippen LogP contribution in [0.25, 0.3) is 0 Å². The van der Waals surface area contributed by atoms with E-state index in [1.807, 2.05) is 61.5 Å². The molecule has 0 bridgehead atoms. The van der Waals surface area contributed by atoms with Crippen molar-refractivity contribution in [3.05, 3.63) is 95.1 Å². The number of nitrogens with one attached hydrogen (secondary N) is 3. The van der Waals surface area contributed by atoms with E-state index in [1.165, 1.54) is 0 Å². The van der Waals surface area contributed by atoms with Crippen molar-refractivity contribution in [2.75, 3.05) is 17.7 Å². The van der Waals surface area contributed by atoms with Gasteiger partial charge in [-0.05, 0) is 60.0 Å². The van der Waals surface area contributed by atoms with Gasteiger partial charge in [-0.2, -0.15) is 0 Å². The summed E-state index contributed by atoms with van der Waals surface area (Å²) >= 11 is 0. The van der Waals surface area contributed by atoms with E-state index in [-0.39, 0.29) is 11.9 Å². The Morgan fingerprint density at radius 3 is 2.17 bits per heavy atom. The third kappa shape index (κ3) is 6.18. The van der Waals surface area contributed by atoms with Crippen molar-refractivity contribution in [1.82, 2.24) is 5.32 Å². The van der Waals surface area contributed by atoms with Gasteiger partial charge < -0.3 is 20.7 Å². The number of hydrogen-bond donors (Lipinski definition) is 3. The van der Waals surface area contributed by atoms with Crippen LogP contribution in [0.2, 0.25) is 0 Å². The van der Waals surface area contributed by atoms with Crippen LogP contribution in [0.3, 0.4) is 0 Å². The van der Waals surface area contributed by atoms with Gasteiger partial charge in [0.2, 0.25) is 0 Å². The minimum absolute atomic E-state index is 0.158. The molecular weight excluding hydrogens is 378 g/mol. The number of urea groups is 1. The Kier molecular flexibility index (Phi) is 7.19. The minimum atomic E-state index is -0.321. The van der Waals surface area contributed by atoms with Gasteiger partial charge in [0.1, 0.15) is 0 Å². The lowest BCUT2D eigenvalue weighted by Gasteiger charge is -2.10. The van der Waals surface area contributed by atoms with Crippen LogP contribution in [0.15, 0.2) is 72.8 Å². The largest absolute Gasteiger partial charge is 0.380 e. The maximum absolute atomic E-state index is 12.4. The summed E-state index contributed by atoms with van der Waals surface area (Å²) in [7, 11) is 1.63. The van der Waals surface area contributed by atoms with Crippen LogP contribution in [-0.2, 0) is 17.9 Å². The Bertz CT molecular complexity index is 1020. The summed E-state index contributed by atoms with van der Waals surface area (Å²) in [5.41, 5.74) is 4.92. The lowest BCUT2D eigenvalue weighted by Crippen LogP contribution is -2.23. The van der Waals surface area contributed by atoms with E-state index in [0.717, 1.165) is 22.4 Å². The molecule has 0 heterocycles. The first-order chi connectivity index (χ1) is 14.5. The third-order valence-electron chi connectivity index (χ3n) is 4.44. The minimum Gasteiger partial charge on any atom is -0.380 e. The average Bonchev–Trinajstić information content (AvgIpc) is 2.73. The second-order valence-corrected chi connectivity index (χ2v) is 6.96. The van der Waals surface area contributed by atoms with Crippen LogP contribution in [0.1, 0.15) is 27.0 Å². The summed E-state index contributed by atoms with van der Waals surface area (Å²) in [5, 5.41) is 8.52. The molecule has 3 amide bonds. The van der Waals surface area contributed by atoms with Gasteiger partial charge in [0.05, 0.1) is 6.61 Å². The maximum Gasteiger partial charge on any atom is 0.323 e. The molecule has 3 N–H and O–H groups in total. The molecule has 0 aliphatic rings. The SMILES string of the molecule is COCc1ccc(C(=O)NCc2cccc(NC(=O)Nc3cccc(C)c3)c2)cc1. The fraction of sp³-hybridized carbons (Fsp3) is 0.167. The van der Waals surface area contributed by atoms with Gasteiger partial charge in [-0.25, -0.2) is 4.79 Å². The molecule has 0 radical (unpaired) electrons. The Morgan fingerprint density at radius 1 is 0.833 bits per heavy atom. The number of carbonyl (C=O) groups excluding carboxylic acids is 2. The Morgan fingerprint density at radius 2 is 1.50 bits per heavy atom. The van der Waals surface area contributed by atoms with E-state index >= 15 is 0 Å². The summed E-state index contributed by atoms with van der Waals surface area (Å²) in [6.07, 6.45) is 0. The number of anilines is 2. The first-order valence-electron chi connectivity index (χ1n) is 9.63. The molecule has 0 spiro atoms. The van der Waals surface area contributed by atoms with Crippen LogP contribution < -0.4 is 16.0 Å². The lowest BCUT2D eigenvalue weighted by molar-refractivity contribution is 0.0950. The van der Waals surface area contributed by atoms with Gasteiger partial charge >= 0.3 is 6.03 Å². The quantitative estimate of drug-likeness (QED) is 0.534. The molecule has 6 heteroatoms. The zero-order valence-corrected chi connectivity index (χ0v) is 17.1. The number of hydrogen-bond acceptors (Lipinski definition) is 3. The Labute approximate surface area is 176 Å². The summed E-state index contributed by atoms with van der Waals surface area (Å²) in [5.74, 6) is -0.158. The van der Waals surface area contributed by atoms with Crippen LogP contribution in [0.5, 0.6) is 0 Å².